The predicted octanol–water partition coefficient (Wildman–Crippen LogP) is 2.30. The highest BCUT2D eigenvalue weighted by molar-refractivity contribution is 5.28. The number of allylic oxidation sites excluding steroid dienone is 1. The van der Waals surface area contributed by atoms with Gasteiger partial charge >= 0.3 is 0 Å². The van der Waals surface area contributed by atoms with Crippen molar-refractivity contribution in [2.24, 2.45) is 0 Å². The molecule has 1 nitrogen and oxygen atoms in total. The second-order valence-corrected chi connectivity index (χ2v) is 2.85. The van der Waals surface area contributed by atoms with Crippen LogP contribution in [-0.4, -0.2) is 5.11 Å². The number of aliphatic hydroxyl groups excluding tert-OH is 1. The average Bonchev–Trinajstić information content (AvgIpc) is 2.19. The Morgan fingerprint density at radius 3 is 2.62 bits per heavy atom. The van der Waals surface area contributed by atoms with Gasteiger partial charge in [-0.1, -0.05) is 36.3 Å². The summed E-state index contributed by atoms with van der Waals surface area (Å²) >= 11 is 0. The van der Waals surface area contributed by atoms with Crippen molar-refractivity contribution in [3.05, 3.63) is 47.5 Å². The molecule has 0 aromatic heterocycles. The third kappa shape index (κ3) is 2.77. The third-order valence-corrected chi connectivity index (χ3v) is 1.78. The van der Waals surface area contributed by atoms with Crippen LogP contribution in [0.4, 0.5) is 0 Å². The van der Waals surface area contributed by atoms with Crippen molar-refractivity contribution in [3.8, 4) is 12.3 Å². The second-order valence-electron chi connectivity index (χ2n) is 2.85. The van der Waals surface area contributed by atoms with Crippen LogP contribution in [0.25, 0.3) is 0 Å². The summed E-state index contributed by atoms with van der Waals surface area (Å²) in [6.45, 7) is 1.80. The first kappa shape index (κ1) is 9.57. The van der Waals surface area contributed by atoms with Crippen molar-refractivity contribution in [3.63, 3.8) is 0 Å². The molecule has 0 bridgehead atoms. The van der Waals surface area contributed by atoms with Crippen molar-refractivity contribution >= 4 is 0 Å². The number of aliphatic hydroxyl groups is 1. The molecule has 0 spiro atoms. The van der Waals surface area contributed by atoms with Crippen molar-refractivity contribution in [2.75, 3.05) is 0 Å². The van der Waals surface area contributed by atoms with Crippen molar-refractivity contribution in [1.29, 1.82) is 0 Å². The van der Waals surface area contributed by atoms with Gasteiger partial charge in [-0.25, -0.2) is 0 Å². The van der Waals surface area contributed by atoms with Crippen LogP contribution in [0.2, 0.25) is 0 Å². The summed E-state index contributed by atoms with van der Waals surface area (Å²) < 4.78 is 0. The van der Waals surface area contributed by atoms with Crippen LogP contribution in [0.5, 0.6) is 0 Å². The first-order valence-electron chi connectivity index (χ1n) is 4.12. The molecule has 1 heteroatoms. The Morgan fingerprint density at radius 2 is 2.08 bits per heavy atom. The van der Waals surface area contributed by atoms with Gasteiger partial charge in [0.2, 0.25) is 0 Å². The van der Waals surface area contributed by atoms with Gasteiger partial charge in [-0.05, 0) is 24.1 Å². The Balaban J connectivity index is 2.82. The van der Waals surface area contributed by atoms with Gasteiger partial charge in [-0.2, -0.15) is 0 Å². The van der Waals surface area contributed by atoms with Gasteiger partial charge in [0.1, 0.15) is 0 Å². The maximum atomic E-state index is 9.65. The van der Waals surface area contributed by atoms with Crippen LogP contribution in [0, 0.1) is 12.3 Å². The van der Waals surface area contributed by atoms with E-state index in [1.807, 2.05) is 30.3 Å². The lowest BCUT2D eigenvalue weighted by atomic mass is 10.1. The molecule has 1 N–H and O–H groups in total. The molecule has 13 heavy (non-hydrogen) atoms. The highest BCUT2D eigenvalue weighted by Crippen LogP contribution is 2.14. The van der Waals surface area contributed by atoms with Gasteiger partial charge in [-0.3, -0.25) is 0 Å². The molecule has 0 fully saturated rings. The zero-order valence-corrected chi connectivity index (χ0v) is 7.57. The zero-order valence-electron chi connectivity index (χ0n) is 7.57. The van der Waals surface area contributed by atoms with Crippen LogP contribution < -0.4 is 0 Å². The van der Waals surface area contributed by atoms with E-state index >= 15 is 0 Å². The predicted molar refractivity (Wildman–Crippen MR) is 54.0 cm³/mol. The first-order chi connectivity index (χ1) is 6.24. The lowest BCUT2D eigenvalue weighted by Gasteiger charge is -2.05. The molecule has 66 valence electrons. The van der Waals surface area contributed by atoms with E-state index in [9.17, 15) is 5.11 Å². The van der Waals surface area contributed by atoms with E-state index in [-0.39, 0.29) is 0 Å². The Hall–Kier alpha value is -1.52. The molecule has 1 atom stereocenters. The minimum Gasteiger partial charge on any atom is -0.384 e. The number of hydrogen-bond acceptors (Lipinski definition) is 1. The molecule has 1 unspecified atom stereocenters. The number of rotatable bonds is 2. The molecule has 1 aromatic carbocycles. The molecule has 0 aliphatic heterocycles. The molecule has 0 aliphatic rings. The standard InChI is InChI=1S/C12H12O/c1-3-10(2)9-12(13)11-7-5-4-6-8-11/h1,4-9,12-13H,2H3/b10-9-. The molecule has 1 rings (SSSR count). The summed E-state index contributed by atoms with van der Waals surface area (Å²) in [5.41, 5.74) is 1.61. The van der Waals surface area contributed by atoms with E-state index in [2.05, 4.69) is 5.92 Å². The van der Waals surface area contributed by atoms with Crippen molar-refractivity contribution in [2.45, 2.75) is 13.0 Å². The van der Waals surface area contributed by atoms with Gasteiger partial charge in [0.05, 0.1) is 6.10 Å². The van der Waals surface area contributed by atoms with Crippen LogP contribution in [-0.2, 0) is 0 Å². The average molecular weight is 172 g/mol. The molecule has 0 amide bonds. The largest absolute Gasteiger partial charge is 0.384 e. The fourth-order valence-corrected chi connectivity index (χ4v) is 1.03. The van der Waals surface area contributed by atoms with Crippen molar-refractivity contribution < 1.29 is 5.11 Å². The van der Waals surface area contributed by atoms with E-state index in [0.717, 1.165) is 11.1 Å². The first-order valence-corrected chi connectivity index (χ1v) is 4.12. The second kappa shape index (κ2) is 4.49. The van der Waals surface area contributed by atoms with Crippen LogP contribution >= 0.6 is 0 Å². The summed E-state index contributed by atoms with van der Waals surface area (Å²) in [6, 6.07) is 9.42. The number of hydrogen-bond donors (Lipinski definition) is 1. The zero-order chi connectivity index (χ0) is 9.68. The number of terminal acetylenes is 1. The normalized spacial score (nSPS) is 13.5. The summed E-state index contributed by atoms with van der Waals surface area (Å²) in [7, 11) is 0. The lowest BCUT2D eigenvalue weighted by Crippen LogP contribution is -1.92. The quantitative estimate of drug-likeness (QED) is 0.679. The summed E-state index contributed by atoms with van der Waals surface area (Å²) in [4.78, 5) is 0. The topological polar surface area (TPSA) is 20.2 Å². The Morgan fingerprint density at radius 1 is 1.46 bits per heavy atom. The summed E-state index contributed by atoms with van der Waals surface area (Å²) in [5.74, 6) is 2.47. The smallest absolute Gasteiger partial charge is 0.0983 e. The van der Waals surface area contributed by atoms with E-state index in [1.54, 1.807) is 13.0 Å². The lowest BCUT2D eigenvalue weighted by molar-refractivity contribution is 0.228. The van der Waals surface area contributed by atoms with Gasteiger partial charge < -0.3 is 5.11 Å². The molecule has 0 radical (unpaired) electrons. The Bertz CT molecular complexity index is 330. The SMILES string of the molecule is C#C/C(C)=C\C(O)c1ccccc1. The van der Waals surface area contributed by atoms with E-state index in [4.69, 9.17) is 6.42 Å². The highest BCUT2D eigenvalue weighted by Gasteiger charge is 2.01. The monoisotopic (exact) mass is 172 g/mol. The molecule has 0 aliphatic carbocycles. The van der Waals surface area contributed by atoms with Crippen LogP contribution in [0.3, 0.4) is 0 Å². The van der Waals surface area contributed by atoms with Gasteiger partial charge in [-0.15, -0.1) is 6.42 Å². The molecule has 0 saturated heterocycles. The van der Waals surface area contributed by atoms with Gasteiger partial charge in [0.15, 0.2) is 0 Å². The Kier molecular flexibility index (Phi) is 3.31. The van der Waals surface area contributed by atoms with Crippen molar-refractivity contribution in [1.82, 2.24) is 0 Å². The van der Waals surface area contributed by atoms with Crippen LogP contribution in [0.1, 0.15) is 18.6 Å². The number of benzene rings is 1. The maximum Gasteiger partial charge on any atom is 0.0983 e. The van der Waals surface area contributed by atoms with Gasteiger partial charge in [0, 0.05) is 0 Å². The fourth-order valence-electron chi connectivity index (χ4n) is 1.03. The van der Waals surface area contributed by atoms with E-state index in [0.29, 0.717) is 0 Å². The Labute approximate surface area is 78.7 Å². The molecule has 1 aromatic rings. The highest BCUT2D eigenvalue weighted by atomic mass is 16.3. The fraction of sp³-hybridized carbons (Fsp3) is 0.167. The van der Waals surface area contributed by atoms with Gasteiger partial charge in [0.25, 0.3) is 0 Å². The van der Waals surface area contributed by atoms with E-state index in [1.165, 1.54) is 0 Å². The van der Waals surface area contributed by atoms with E-state index < -0.39 is 6.10 Å². The third-order valence-electron chi connectivity index (χ3n) is 1.78. The molecular weight excluding hydrogens is 160 g/mol. The minimum atomic E-state index is -0.600. The maximum absolute atomic E-state index is 9.65. The minimum absolute atomic E-state index is 0.600. The van der Waals surface area contributed by atoms with Crippen LogP contribution in [0.15, 0.2) is 42.0 Å². The summed E-state index contributed by atoms with van der Waals surface area (Å²) in [6.07, 6.45) is 6.23. The molecular formula is C12H12O. The molecule has 0 saturated carbocycles. The summed E-state index contributed by atoms with van der Waals surface area (Å²) in [5, 5.41) is 9.65. The molecule has 0 heterocycles.